The van der Waals surface area contributed by atoms with Gasteiger partial charge in [0, 0.05) is 0 Å². The van der Waals surface area contributed by atoms with E-state index >= 15 is 0 Å². The lowest BCUT2D eigenvalue weighted by atomic mass is 10.4. The molecule has 7 nitrogen and oxygen atoms in total. The van der Waals surface area contributed by atoms with Crippen LogP contribution < -0.4 is 10.6 Å². The standard InChI is InChI=1S/C11H11N3O4S/c12-3-4-18-10(16)7-13-9(15)6-14-11(17)8-2-1-5-19-8/h1-2,5H,4,6-7H2,(H,13,15)(H,14,17). The predicted molar refractivity (Wildman–Crippen MR) is 66.2 cm³/mol. The van der Waals surface area contributed by atoms with E-state index in [0.29, 0.717) is 4.88 Å². The molecule has 0 bridgehead atoms. The smallest absolute Gasteiger partial charge is 0.326 e. The number of nitrogens with one attached hydrogen (secondary N) is 2. The molecule has 1 heterocycles. The minimum Gasteiger partial charge on any atom is -0.449 e. The molecule has 0 aliphatic heterocycles. The van der Waals surface area contributed by atoms with Gasteiger partial charge in [-0.2, -0.15) is 5.26 Å². The first-order valence-electron chi connectivity index (χ1n) is 5.24. The molecule has 0 saturated heterocycles. The maximum absolute atomic E-state index is 11.5. The summed E-state index contributed by atoms with van der Waals surface area (Å²) < 4.78 is 4.43. The zero-order valence-electron chi connectivity index (χ0n) is 9.84. The van der Waals surface area contributed by atoms with Gasteiger partial charge in [-0.05, 0) is 11.4 Å². The van der Waals surface area contributed by atoms with Gasteiger partial charge in [-0.3, -0.25) is 14.4 Å². The molecule has 0 radical (unpaired) electrons. The maximum Gasteiger partial charge on any atom is 0.326 e. The highest BCUT2D eigenvalue weighted by molar-refractivity contribution is 7.12. The molecular formula is C11H11N3O4S. The van der Waals surface area contributed by atoms with Crippen LogP contribution in [-0.4, -0.2) is 37.5 Å². The lowest BCUT2D eigenvalue weighted by Crippen LogP contribution is -2.39. The second-order valence-corrected chi connectivity index (χ2v) is 4.20. The van der Waals surface area contributed by atoms with Crippen LogP contribution in [0, 0.1) is 11.3 Å². The van der Waals surface area contributed by atoms with Crippen LogP contribution in [0.15, 0.2) is 17.5 Å². The Morgan fingerprint density at radius 1 is 1.32 bits per heavy atom. The normalized spacial score (nSPS) is 9.21. The molecule has 0 unspecified atom stereocenters. The zero-order valence-corrected chi connectivity index (χ0v) is 10.7. The summed E-state index contributed by atoms with van der Waals surface area (Å²) in [6.07, 6.45) is 0. The Kier molecular flexibility index (Phi) is 6.05. The fourth-order valence-corrected chi connectivity index (χ4v) is 1.69. The van der Waals surface area contributed by atoms with E-state index in [2.05, 4.69) is 15.4 Å². The maximum atomic E-state index is 11.5. The van der Waals surface area contributed by atoms with Gasteiger partial charge in [0.25, 0.3) is 5.91 Å². The predicted octanol–water partition coefficient (Wildman–Crippen LogP) is -0.339. The monoisotopic (exact) mass is 281 g/mol. The lowest BCUT2D eigenvalue weighted by molar-refractivity contribution is -0.142. The van der Waals surface area contributed by atoms with E-state index < -0.39 is 11.9 Å². The fraction of sp³-hybridized carbons (Fsp3) is 0.273. The topological polar surface area (TPSA) is 108 Å². The Morgan fingerprint density at radius 2 is 2.11 bits per heavy atom. The first-order valence-corrected chi connectivity index (χ1v) is 6.12. The van der Waals surface area contributed by atoms with Crippen molar-refractivity contribution in [1.29, 1.82) is 5.26 Å². The molecule has 0 atom stereocenters. The number of nitrogens with zero attached hydrogens (tertiary/aromatic N) is 1. The fourth-order valence-electron chi connectivity index (χ4n) is 1.05. The number of hydrogen-bond acceptors (Lipinski definition) is 6. The van der Waals surface area contributed by atoms with Crippen molar-refractivity contribution in [3.8, 4) is 6.07 Å². The third-order valence-corrected chi connectivity index (χ3v) is 2.75. The number of thiophene rings is 1. The van der Waals surface area contributed by atoms with Crippen molar-refractivity contribution < 1.29 is 19.1 Å². The van der Waals surface area contributed by atoms with Crippen LogP contribution >= 0.6 is 11.3 Å². The molecule has 0 saturated carbocycles. The third-order valence-electron chi connectivity index (χ3n) is 1.88. The molecular weight excluding hydrogens is 270 g/mol. The van der Waals surface area contributed by atoms with Gasteiger partial charge < -0.3 is 15.4 Å². The van der Waals surface area contributed by atoms with Crippen molar-refractivity contribution in [1.82, 2.24) is 10.6 Å². The first-order chi connectivity index (χ1) is 9.13. The number of carbonyl (C=O) groups excluding carboxylic acids is 3. The second-order valence-electron chi connectivity index (χ2n) is 3.26. The number of ether oxygens (including phenoxy) is 1. The molecule has 2 N–H and O–H groups in total. The van der Waals surface area contributed by atoms with Crippen LogP contribution in [0.3, 0.4) is 0 Å². The Morgan fingerprint density at radius 3 is 2.74 bits per heavy atom. The summed E-state index contributed by atoms with van der Waals surface area (Å²) >= 11 is 1.26. The molecule has 100 valence electrons. The molecule has 2 amide bonds. The van der Waals surface area contributed by atoms with Crippen LogP contribution in [0.2, 0.25) is 0 Å². The number of amides is 2. The Labute approximate surface area is 113 Å². The van der Waals surface area contributed by atoms with E-state index in [0.717, 1.165) is 0 Å². The summed E-state index contributed by atoms with van der Waals surface area (Å²) in [5.74, 6) is -1.57. The average Bonchev–Trinajstić information content (AvgIpc) is 2.94. The van der Waals surface area contributed by atoms with Gasteiger partial charge in [0.15, 0.2) is 6.61 Å². The van der Waals surface area contributed by atoms with Crippen molar-refractivity contribution >= 4 is 29.1 Å². The van der Waals surface area contributed by atoms with Crippen molar-refractivity contribution in [3.63, 3.8) is 0 Å². The summed E-state index contributed by atoms with van der Waals surface area (Å²) in [6, 6.07) is 4.99. The molecule has 0 aliphatic carbocycles. The Bertz CT molecular complexity index is 493. The van der Waals surface area contributed by atoms with Crippen molar-refractivity contribution in [2.24, 2.45) is 0 Å². The SMILES string of the molecule is N#CCOC(=O)CNC(=O)CNC(=O)c1cccs1. The molecule has 1 rings (SSSR count). The molecule has 0 spiro atoms. The van der Waals surface area contributed by atoms with Crippen LogP contribution in [-0.2, 0) is 14.3 Å². The third kappa shape index (κ3) is 5.65. The highest BCUT2D eigenvalue weighted by Gasteiger charge is 2.10. The van der Waals surface area contributed by atoms with Gasteiger partial charge >= 0.3 is 5.97 Å². The van der Waals surface area contributed by atoms with Crippen LogP contribution in [0.5, 0.6) is 0 Å². The van der Waals surface area contributed by atoms with E-state index in [1.54, 1.807) is 23.6 Å². The quantitative estimate of drug-likeness (QED) is 0.693. The van der Waals surface area contributed by atoms with Gasteiger partial charge in [0.05, 0.1) is 11.4 Å². The minimum atomic E-state index is -0.709. The summed E-state index contributed by atoms with van der Waals surface area (Å²) in [5, 5.41) is 14.6. The van der Waals surface area contributed by atoms with E-state index in [1.807, 2.05) is 0 Å². The highest BCUT2D eigenvalue weighted by atomic mass is 32.1. The molecule has 1 aromatic rings. The van der Waals surface area contributed by atoms with E-state index in [1.165, 1.54) is 11.3 Å². The van der Waals surface area contributed by atoms with Crippen molar-refractivity contribution in [3.05, 3.63) is 22.4 Å². The van der Waals surface area contributed by atoms with Gasteiger partial charge in [-0.1, -0.05) is 6.07 Å². The summed E-state index contributed by atoms with van der Waals surface area (Å²) in [5.41, 5.74) is 0. The van der Waals surface area contributed by atoms with Crippen molar-refractivity contribution in [2.45, 2.75) is 0 Å². The molecule has 0 aromatic carbocycles. The van der Waals surface area contributed by atoms with E-state index in [4.69, 9.17) is 5.26 Å². The van der Waals surface area contributed by atoms with Gasteiger partial charge in [-0.15, -0.1) is 11.3 Å². The molecule has 0 aliphatic rings. The zero-order chi connectivity index (χ0) is 14.1. The molecule has 8 heteroatoms. The Hall–Kier alpha value is -2.40. The second kappa shape index (κ2) is 7.84. The van der Waals surface area contributed by atoms with E-state index in [9.17, 15) is 14.4 Å². The Balaban J connectivity index is 2.20. The summed E-state index contributed by atoms with van der Waals surface area (Å²) in [6.45, 7) is -0.929. The van der Waals surface area contributed by atoms with E-state index in [-0.39, 0.29) is 25.6 Å². The molecule has 1 aromatic heterocycles. The highest BCUT2D eigenvalue weighted by Crippen LogP contribution is 2.07. The summed E-state index contributed by atoms with van der Waals surface area (Å²) in [7, 11) is 0. The van der Waals surface area contributed by atoms with Gasteiger partial charge in [0.1, 0.15) is 12.6 Å². The lowest BCUT2D eigenvalue weighted by Gasteiger charge is -2.05. The van der Waals surface area contributed by atoms with Crippen LogP contribution in [0.1, 0.15) is 9.67 Å². The first kappa shape index (κ1) is 14.7. The number of esters is 1. The number of rotatable bonds is 6. The van der Waals surface area contributed by atoms with Crippen molar-refractivity contribution in [2.75, 3.05) is 19.7 Å². The summed E-state index contributed by atoms with van der Waals surface area (Å²) in [4.78, 5) is 34.2. The van der Waals surface area contributed by atoms with Gasteiger partial charge in [-0.25, -0.2) is 0 Å². The van der Waals surface area contributed by atoms with Gasteiger partial charge in [0.2, 0.25) is 5.91 Å². The number of hydrogen-bond donors (Lipinski definition) is 2. The molecule has 0 fully saturated rings. The van der Waals surface area contributed by atoms with Crippen LogP contribution in [0.4, 0.5) is 0 Å². The largest absolute Gasteiger partial charge is 0.449 e. The number of carbonyl (C=O) groups is 3. The average molecular weight is 281 g/mol. The molecule has 19 heavy (non-hydrogen) atoms. The minimum absolute atomic E-state index is 0.234. The number of nitriles is 1. The van der Waals surface area contributed by atoms with Crippen LogP contribution in [0.25, 0.3) is 0 Å².